The highest BCUT2D eigenvalue weighted by molar-refractivity contribution is 7.71. The molecular formula is C19H16N4O3S. The summed E-state index contributed by atoms with van der Waals surface area (Å²) in [6, 6.07) is 13.3. The molecule has 2 saturated heterocycles. The molecule has 0 amide bonds. The molecule has 1 aromatic carbocycles. The number of hydrogen-bond acceptors (Lipinski definition) is 6. The number of Topliss-reactive ketones (excluding diaryl/α,β-unsaturated/α-hetero) is 1. The number of fused-ring (bicyclic) bond motifs is 2. The lowest BCUT2D eigenvalue weighted by molar-refractivity contribution is -0.156. The fraction of sp³-hybridized carbons (Fsp3) is 0.263. The Morgan fingerprint density at radius 1 is 1.11 bits per heavy atom. The standard InChI is InChI=1S/C19H16N4O3S/c24-15-10-14(16-11-25-18(15)26-16)23-19(27)22(13-4-2-1-3-5-13)17(21-23)12-6-8-20-9-7-12/h1-9,14,16,18H,10-11H2. The van der Waals surface area contributed by atoms with Gasteiger partial charge in [0.2, 0.25) is 11.1 Å². The minimum Gasteiger partial charge on any atom is -0.343 e. The molecule has 2 aliphatic rings. The van der Waals surface area contributed by atoms with Crippen molar-refractivity contribution in [2.75, 3.05) is 6.61 Å². The average molecular weight is 380 g/mol. The Labute approximate surface area is 160 Å². The molecule has 2 aliphatic heterocycles. The third kappa shape index (κ3) is 2.73. The Morgan fingerprint density at radius 2 is 1.89 bits per heavy atom. The summed E-state index contributed by atoms with van der Waals surface area (Å²) in [5.74, 6) is 0.623. The second-order valence-corrected chi connectivity index (χ2v) is 6.90. The highest BCUT2D eigenvalue weighted by atomic mass is 32.1. The van der Waals surface area contributed by atoms with Gasteiger partial charge in [-0.2, -0.15) is 5.10 Å². The van der Waals surface area contributed by atoms with Crippen molar-refractivity contribution in [1.29, 1.82) is 0 Å². The lowest BCUT2D eigenvalue weighted by Crippen LogP contribution is -2.37. The van der Waals surface area contributed by atoms with E-state index in [9.17, 15) is 4.79 Å². The molecule has 0 radical (unpaired) electrons. The number of ketones is 1. The fourth-order valence-corrected chi connectivity index (χ4v) is 3.93. The van der Waals surface area contributed by atoms with E-state index in [4.69, 9.17) is 26.8 Å². The van der Waals surface area contributed by atoms with Crippen molar-refractivity contribution in [2.24, 2.45) is 0 Å². The number of aromatic nitrogens is 4. The first-order valence-corrected chi connectivity index (χ1v) is 9.10. The number of carbonyl (C=O) groups excluding carboxylic acids is 1. The molecule has 2 aromatic heterocycles. The molecule has 2 fully saturated rings. The number of nitrogens with zero attached hydrogens (tertiary/aromatic N) is 4. The maximum atomic E-state index is 12.2. The van der Waals surface area contributed by atoms with Crippen LogP contribution in [0.15, 0.2) is 54.9 Å². The van der Waals surface area contributed by atoms with Crippen LogP contribution in [0.5, 0.6) is 0 Å². The lowest BCUT2D eigenvalue weighted by atomic mass is 10.0. The monoisotopic (exact) mass is 380 g/mol. The van der Waals surface area contributed by atoms with Gasteiger partial charge in [0.15, 0.2) is 11.6 Å². The Hall–Kier alpha value is -2.68. The molecule has 136 valence electrons. The van der Waals surface area contributed by atoms with Crippen molar-refractivity contribution >= 4 is 18.0 Å². The average Bonchev–Trinajstić information content (AvgIpc) is 3.29. The summed E-state index contributed by atoms with van der Waals surface area (Å²) < 4.78 is 15.3. The van der Waals surface area contributed by atoms with Gasteiger partial charge in [0.05, 0.1) is 12.6 Å². The van der Waals surface area contributed by atoms with E-state index in [0.717, 1.165) is 11.3 Å². The quantitative estimate of drug-likeness (QED) is 0.651. The van der Waals surface area contributed by atoms with Crippen LogP contribution in [-0.2, 0) is 14.3 Å². The number of benzene rings is 1. The highest BCUT2D eigenvalue weighted by Crippen LogP contribution is 2.34. The van der Waals surface area contributed by atoms with Crippen LogP contribution in [0.2, 0.25) is 0 Å². The van der Waals surface area contributed by atoms with E-state index in [-0.39, 0.29) is 17.9 Å². The summed E-state index contributed by atoms with van der Waals surface area (Å²) in [5, 5.41) is 4.79. The van der Waals surface area contributed by atoms with Gasteiger partial charge < -0.3 is 9.47 Å². The van der Waals surface area contributed by atoms with Crippen LogP contribution in [-0.4, -0.2) is 44.1 Å². The SMILES string of the molecule is O=C1CC(n2nc(-c3ccncc3)n(-c3ccccc3)c2=S)C2COC1O2. The van der Waals surface area contributed by atoms with Crippen molar-refractivity contribution < 1.29 is 14.3 Å². The molecule has 0 saturated carbocycles. The van der Waals surface area contributed by atoms with Gasteiger partial charge in [-0.1, -0.05) is 18.2 Å². The van der Waals surface area contributed by atoms with Crippen LogP contribution in [0.4, 0.5) is 0 Å². The normalized spacial score (nSPS) is 24.3. The number of hydrogen-bond donors (Lipinski definition) is 0. The lowest BCUT2D eigenvalue weighted by Gasteiger charge is -2.26. The Balaban J connectivity index is 1.69. The topological polar surface area (TPSA) is 71.2 Å². The van der Waals surface area contributed by atoms with Gasteiger partial charge in [-0.15, -0.1) is 0 Å². The zero-order valence-corrected chi connectivity index (χ0v) is 15.1. The van der Waals surface area contributed by atoms with Gasteiger partial charge >= 0.3 is 0 Å². The Kier molecular flexibility index (Phi) is 3.96. The molecule has 0 spiro atoms. The molecule has 5 rings (SSSR count). The first kappa shape index (κ1) is 16.5. The molecular weight excluding hydrogens is 364 g/mol. The van der Waals surface area contributed by atoms with Crippen LogP contribution in [0.25, 0.3) is 17.1 Å². The van der Waals surface area contributed by atoms with Crippen molar-refractivity contribution in [1.82, 2.24) is 19.3 Å². The third-order valence-corrected chi connectivity index (χ3v) is 5.25. The molecule has 27 heavy (non-hydrogen) atoms. The maximum absolute atomic E-state index is 12.2. The second-order valence-electron chi connectivity index (χ2n) is 6.54. The van der Waals surface area contributed by atoms with Crippen molar-refractivity contribution in [3.8, 4) is 17.1 Å². The van der Waals surface area contributed by atoms with Crippen molar-refractivity contribution in [2.45, 2.75) is 24.9 Å². The third-order valence-electron chi connectivity index (χ3n) is 4.88. The van der Waals surface area contributed by atoms with E-state index in [2.05, 4.69) is 4.98 Å². The largest absolute Gasteiger partial charge is 0.343 e. The molecule has 3 aromatic rings. The maximum Gasteiger partial charge on any atom is 0.218 e. The van der Waals surface area contributed by atoms with Crippen LogP contribution in [0.1, 0.15) is 12.5 Å². The predicted octanol–water partition coefficient (Wildman–Crippen LogP) is 2.72. The molecule has 4 heterocycles. The van der Waals surface area contributed by atoms with E-state index in [1.54, 1.807) is 17.1 Å². The van der Waals surface area contributed by atoms with Gasteiger partial charge in [0, 0.05) is 30.1 Å². The molecule has 0 N–H and O–H groups in total. The first-order valence-electron chi connectivity index (χ1n) is 8.69. The van der Waals surface area contributed by atoms with Crippen molar-refractivity contribution in [3.05, 3.63) is 59.6 Å². The van der Waals surface area contributed by atoms with Gasteiger partial charge in [-0.3, -0.25) is 14.3 Å². The van der Waals surface area contributed by atoms with Crippen LogP contribution >= 0.6 is 12.2 Å². The number of ether oxygens (including phenoxy) is 2. The predicted molar refractivity (Wildman–Crippen MR) is 98.9 cm³/mol. The van der Waals surface area contributed by atoms with E-state index >= 15 is 0 Å². The van der Waals surface area contributed by atoms with E-state index in [0.29, 0.717) is 23.6 Å². The van der Waals surface area contributed by atoms with Gasteiger partial charge in [-0.25, -0.2) is 4.68 Å². The highest BCUT2D eigenvalue weighted by Gasteiger charge is 2.45. The van der Waals surface area contributed by atoms with Crippen LogP contribution < -0.4 is 0 Å². The fourth-order valence-electron chi connectivity index (χ4n) is 3.56. The molecule has 2 bridgehead atoms. The Bertz CT molecular complexity index is 1050. The first-order chi connectivity index (χ1) is 13.2. The number of pyridine rings is 1. The number of rotatable bonds is 3. The summed E-state index contributed by atoms with van der Waals surface area (Å²) in [5.41, 5.74) is 1.80. The van der Waals surface area contributed by atoms with Gasteiger partial charge in [0.25, 0.3) is 0 Å². The molecule has 3 unspecified atom stereocenters. The molecule has 0 aliphatic carbocycles. The number of carbonyl (C=O) groups is 1. The summed E-state index contributed by atoms with van der Waals surface area (Å²) in [4.78, 5) is 16.3. The summed E-state index contributed by atoms with van der Waals surface area (Å²) in [6.45, 7) is 0.367. The minimum atomic E-state index is -0.740. The molecule has 3 atom stereocenters. The van der Waals surface area contributed by atoms with Crippen LogP contribution in [0, 0.1) is 4.77 Å². The van der Waals surface area contributed by atoms with Crippen LogP contribution in [0.3, 0.4) is 0 Å². The van der Waals surface area contributed by atoms with E-state index in [1.807, 2.05) is 47.0 Å². The zero-order valence-electron chi connectivity index (χ0n) is 14.3. The smallest absolute Gasteiger partial charge is 0.218 e. The molecule has 8 heteroatoms. The summed E-state index contributed by atoms with van der Waals surface area (Å²) >= 11 is 5.77. The zero-order chi connectivity index (χ0) is 18.4. The Morgan fingerprint density at radius 3 is 2.67 bits per heavy atom. The van der Waals surface area contributed by atoms with Gasteiger partial charge in [-0.05, 0) is 36.5 Å². The van der Waals surface area contributed by atoms with Crippen molar-refractivity contribution in [3.63, 3.8) is 0 Å². The second kappa shape index (κ2) is 6.49. The van der Waals surface area contributed by atoms with Gasteiger partial charge in [0.1, 0.15) is 6.10 Å². The summed E-state index contributed by atoms with van der Waals surface area (Å²) in [6.07, 6.45) is 2.76. The number of para-hydroxylation sites is 1. The minimum absolute atomic E-state index is 0.0737. The van der Waals surface area contributed by atoms with E-state index < -0.39 is 6.29 Å². The molecule has 7 nitrogen and oxygen atoms in total. The summed E-state index contributed by atoms with van der Waals surface area (Å²) in [7, 11) is 0. The van der Waals surface area contributed by atoms with E-state index in [1.165, 1.54) is 0 Å².